The standard InChI is InChI=1S/C15H32N4O/c1-5-18(6-2)11-7-8-17-14(20)15(3,4)19-12-9-16-10-13-19/h16H,5-13H2,1-4H3,(H,17,20). The molecule has 0 atom stereocenters. The molecular weight excluding hydrogens is 252 g/mol. The summed E-state index contributed by atoms with van der Waals surface area (Å²) in [5.41, 5.74) is -0.405. The molecule has 118 valence electrons. The van der Waals surface area contributed by atoms with Crippen molar-refractivity contribution in [3.63, 3.8) is 0 Å². The fourth-order valence-electron chi connectivity index (χ4n) is 2.63. The summed E-state index contributed by atoms with van der Waals surface area (Å²) in [6.07, 6.45) is 1.02. The van der Waals surface area contributed by atoms with Crippen LogP contribution in [0.3, 0.4) is 0 Å². The highest BCUT2D eigenvalue weighted by Crippen LogP contribution is 2.15. The molecule has 1 aliphatic rings. The van der Waals surface area contributed by atoms with Gasteiger partial charge in [0.25, 0.3) is 0 Å². The molecule has 0 radical (unpaired) electrons. The van der Waals surface area contributed by atoms with Crippen LogP contribution >= 0.6 is 0 Å². The number of rotatable bonds is 8. The summed E-state index contributed by atoms with van der Waals surface area (Å²) in [4.78, 5) is 17.0. The first-order chi connectivity index (χ1) is 9.52. The van der Waals surface area contributed by atoms with Crippen LogP contribution in [0.15, 0.2) is 0 Å². The molecule has 0 aliphatic carbocycles. The van der Waals surface area contributed by atoms with Crippen molar-refractivity contribution >= 4 is 5.91 Å². The van der Waals surface area contributed by atoms with Gasteiger partial charge in [0.15, 0.2) is 0 Å². The summed E-state index contributed by atoms with van der Waals surface area (Å²) in [5.74, 6) is 0.152. The van der Waals surface area contributed by atoms with Gasteiger partial charge in [0.05, 0.1) is 5.54 Å². The summed E-state index contributed by atoms with van der Waals surface area (Å²) in [6, 6.07) is 0. The quantitative estimate of drug-likeness (QED) is 0.638. The number of carbonyl (C=O) groups excluding carboxylic acids is 1. The molecule has 20 heavy (non-hydrogen) atoms. The van der Waals surface area contributed by atoms with Gasteiger partial charge in [-0.1, -0.05) is 13.8 Å². The molecular formula is C15H32N4O. The van der Waals surface area contributed by atoms with Crippen LogP contribution in [-0.2, 0) is 4.79 Å². The molecule has 1 fully saturated rings. The molecule has 0 spiro atoms. The molecule has 0 unspecified atom stereocenters. The number of nitrogens with one attached hydrogen (secondary N) is 2. The summed E-state index contributed by atoms with van der Waals surface area (Å²) in [5, 5.41) is 6.42. The van der Waals surface area contributed by atoms with Crippen LogP contribution in [0.1, 0.15) is 34.1 Å². The second kappa shape index (κ2) is 8.60. The highest BCUT2D eigenvalue weighted by Gasteiger charge is 2.34. The molecule has 1 rings (SSSR count). The van der Waals surface area contributed by atoms with Crippen molar-refractivity contribution in [2.24, 2.45) is 0 Å². The van der Waals surface area contributed by atoms with Crippen LogP contribution in [0.5, 0.6) is 0 Å². The maximum Gasteiger partial charge on any atom is 0.239 e. The Kier molecular flexibility index (Phi) is 7.48. The molecule has 1 amide bonds. The molecule has 1 aliphatic heterocycles. The van der Waals surface area contributed by atoms with Gasteiger partial charge < -0.3 is 15.5 Å². The van der Waals surface area contributed by atoms with Crippen molar-refractivity contribution in [2.45, 2.75) is 39.7 Å². The van der Waals surface area contributed by atoms with E-state index < -0.39 is 5.54 Å². The summed E-state index contributed by atoms with van der Waals surface area (Å²) >= 11 is 0. The van der Waals surface area contributed by atoms with Crippen LogP contribution in [0.2, 0.25) is 0 Å². The van der Waals surface area contributed by atoms with Gasteiger partial charge in [0.1, 0.15) is 0 Å². The number of hydrogen-bond donors (Lipinski definition) is 2. The fraction of sp³-hybridized carbons (Fsp3) is 0.933. The Morgan fingerprint density at radius 3 is 2.40 bits per heavy atom. The first-order valence-corrected chi connectivity index (χ1v) is 7.98. The van der Waals surface area contributed by atoms with Crippen LogP contribution in [0.25, 0.3) is 0 Å². The lowest BCUT2D eigenvalue weighted by Gasteiger charge is -2.39. The van der Waals surface area contributed by atoms with Crippen molar-refractivity contribution < 1.29 is 4.79 Å². The predicted molar refractivity (Wildman–Crippen MR) is 83.9 cm³/mol. The van der Waals surface area contributed by atoms with E-state index in [1.54, 1.807) is 0 Å². The summed E-state index contributed by atoms with van der Waals surface area (Å²) < 4.78 is 0. The number of piperazine rings is 1. The Morgan fingerprint density at radius 2 is 1.85 bits per heavy atom. The zero-order chi connectivity index (χ0) is 15.0. The Labute approximate surface area is 124 Å². The molecule has 0 saturated carbocycles. The summed E-state index contributed by atoms with van der Waals surface area (Å²) in [7, 11) is 0. The fourth-order valence-corrected chi connectivity index (χ4v) is 2.63. The SMILES string of the molecule is CCN(CC)CCCNC(=O)C(C)(C)N1CCNCC1. The van der Waals surface area contributed by atoms with Crippen molar-refractivity contribution in [3.05, 3.63) is 0 Å². The smallest absolute Gasteiger partial charge is 0.239 e. The minimum atomic E-state index is -0.405. The Balaban J connectivity index is 2.30. The third-order valence-corrected chi connectivity index (χ3v) is 4.29. The Bertz CT molecular complexity index is 284. The van der Waals surface area contributed by atoms with Crippen LogP contribution in [0.4, 0.5) is 0 Å². The third kappa shape index (κ3) is 5.04. The molecule has 5 heteroatoms. The van der Waals surface area contributed by atoms with Gasteiger partial charge >= 0.3 is 0 Å². The highest BCUT2D eigenvalue weighted by molar-refractivity contribution is 5.85. The number of amides is 1. The van der Waals surface area contributed by atoms with Crippen LogP contribution < -0.4 is 10.6 Å². The molecule has 2 N–H and O–H groups in total. The van der Waals surface area contributed by atoms with E-state index >= 15 is 0 Å². The first-order valence-electron chi connectivity index (χ1n) is 7.98. The molecule has 0 aromatic heterocycles. The van der Waals surface area contributed by atoms with Crippen LogP contribution in [0, 0.1) is 0 Å². The molecule has 0 aromatic carbocycles. The zero-order valence-corrected chi connectivity index (χ0v) is 13.7. The van der Waals surface area contributed by atoms with Gasteiger partial charge in [-0.05, 0) is 39.9 Å². The lowest BCUT2D eigenvalue weighted by atomic mass is 10.0. The van der Waals surface area contributed by atoms with E-state index in [1.165, 1.54) is 0 Å². The maximum absolute atomic E-state index is 12.4. The Hall–Kier alpha value is -0.650. The molecule has 0 bridgehead atoms. The first kappa shape index (κ1) is 17.4. The molecule has 1 saturated heterocycles. The minimum absolute atomic E-state index is 0.152. The van der Waals surface area contributed by atoms with E-state index in [-0.39, 0.29) is 5.91 Å². The van der Waals surface area contributed by atoms with Gasteiger partial charge in [-0.2, -0.15) is 0 Å². The van der Waals surface area contributed by atoms with Gasteiger partial charge in [-0.25, -0.2) is 0 Å². The Morgan fingerprint density at radius 1 is 1.25 bits per heavy atom. The zero-order valence-electron chi connectivity index (χ0n) is 13.7. The van der Waals surface area contributed by atoms with Crippen LogP contribution in [-0.4, -0.2) is 73.6 Å². The molecule has 1 heterocycles. The average molecular weight is 284 g/mol. The van der Waals surface area contributed by atoms with Crippen molar-refractivity contribution in [1.82, 2.24) is 20.4 Å². The maximum atomic E-state index is 12.4. The van der Waals surface area contributed by atoms with Crippen molar-refractivity contribution in [3.8, 4) is 0 Å². The monoisotopic (exact) mass is 284 g/mol. The minimum Gasteiger partial charge on any atom is -0.354 e. The van der Waals surface area contributed by atoms with Gasteiger partial charge in [-0.3, -0.25) is 9.69 Å². The topological polar surface area (TPSA) is 47.6 Å². The lowest BCUT2D eigenvalue weighted by Crippen LogP contribution is -2.60. The normalized spacial score (nSPS) is 17.4. The second-order valence-electron chi connectivity index (χ2n) is 5.93. The van der Waals surface area contributed by atoms with E-state index in [0.717, 1.165) is 58.8 Å². The van der Waals surface area contributed by atoms with Gasteiger partial charge in [0, 0.05) is 32.7 Å². The molecule has 0 aromatic rings. The van der Waals surface area contributed by atoms with Gasteiger partial charge in [0.2, 0.25) is 5.91 Å². The number of hydrogen-bond acceptors (Lipinski definition) is 4. The number of nitrogens with zero attached hydrogens (tertiary/aromatic N) is 2. The highest BCUT2D eigenvalue weighted by atomic mass is 16.2. The van der Waals surface area contributed by atoms with E-state index in [4.69, 9.17) is 0 Å². The lowest BCUT2D eigenvalue weighted by molar-refractivity contribution is -0.132. The third-order valence-electron chi connectivity index (χ3n) is 4.29. The van der Waals surface area contributed by atoms with Gasteiger partial charge in [-0.15, -0.1) is 0 Å². The van der Waals surface area contributed by atoms with E-state index in [1.807, 2.05) is 13.8 Å². The van der Waals surface area contributed by atoms with E-state index in [0.29, 0.717) is 0 Å². The predicted octanol–water partition coefficient (Wildman–Crippen LogP) is 0.518. The largest absolute Gasteiger partial charge is 0.354 e. The number of carbonyl (C=O) groups is 1. The second-order valence-corrected chi connectivity index (χ2v) is 5.93. The average Bonchev–Trinajstić information content (AvgIpc) is 2.48. The molecule has 5 nitrogen and oxygen atoms in total. The van der Waals surface area contributed by atoms with E-state index in [9.17, 15) is 4.79 Å². The van der Waals surface area contributed by atoms with Crippen molar-refractivity contribution in [2.75, 3.05) is 52.4 Å². The van der Waals surface area contributed by atoms with Crippen molar-refractivity contribution in [1.29, 1.82) is 0 Å². The van der Waals surface area contributed by atoms with E-state index in [2.05, 4.69) is 34.3 Å². The summed E-state index contributed by atoms with van der Waals surface area (Å²) in [6.45, 7) is 16.2.